The average Bonchev–Trinajstić information content (AvgIpc) is 3.07. The van der Waals surface area contributed by atoms with Crippen LogP contribution in [0.2, 0.25) is 0 Å². The lowest BCUT2D eigenvalue weighted by molar-refractivity contribution is -0.142. The molecule has 2 aliphatic rings. The molecular formula is C26H26N2O5. The minimum Gasteiger partial charge on any atom is -0.491 e. The van der Waals surface area contributed by atoms with Crippen LogP contribution in [0.1, 0.15) is 40.4 Å². The molecule has 0 radical (unpaired) electrons. The summed E-state index contributed by atoms with van der Waals surface area (Å²) in [4.78, 5) is 27.6. The fourth-order valence-electron chi connectivity index (χ4n) is 4.79. The predicted molar refractivity (Wildman–Crippen MR) is 122 cm³/mol. The highest BCUT2D eigenvalue weighted by atomic mass is 16.5. The summed E-state index contributed by atoms with van der Waals surface area (Å²) in [5.41, 5.74) is 3.81. The smallest absolute Gasteiger partial charge is 0.274 e. The molecule has 3 aromatic rings. The van der Waals surface area contributed by atoms with Gasteiger partial charge in [0.2, 0.25) is 5.91 Å². The second kappa shape index (κ2) is 9.21. The van der Waals surface area contributed by atoms with E-state index in [0.717, 1.165) is 21.9 Å². The van der Waals surface area contributed by atoms with Crippen LogP contribution in [0.15, 0.2) is 60.7 Å². The summed E-state index contributed by atoms with van der Waals surface area (Å²) < 4.78 is 11.7. The van der Waals surface area contributed by atoms with E-state index in [0.29, 0.717) is 43.9 Å². The average molecular weight is 447 g/mol. The molecule has 2 amide bonds. The van der Waals surface area contributed by atoms with E-state index < -0.39 is 5.91 Å². The van der Waals surface area contributed by atoms with Crippen LogP contribution in [0.4, 0.5) is 0 Å². The Bertz CT molecular complexity index is 1180. The zero-order chi connectivity index (χ0) is 22.8. The molecule has 7 heteroatoms. The van der Waals surface area contributed by atoms with Crippen LogP contribution in [-0.4, -0.2) is 41.7 Å². The van der Waals surface area contributed by atoms with Crippen molar-refractivity contribution in [1.29, 1.82) is 0 Å². The van der Waals surface area contributed by atoms with Crippen molar-refractivity contribution in [3.63, 3.8) is 0 Å². The first-order chi connectivity index (χ1) is 16.2. The molecule has 170 valence electrons. The molecule has 0 bridgehead atoms. The van der Waals surface area contributed by atoms with Crippen molar-refractivity contribution in [2.75, 3.05) is 19.8 Å². The van der Waals surface area contributed by atoms with Gasteiger partial charge < -0.3 is 14.4 Å². The first-order valence-electron chi connectivity index (χ1n) is 11.2. The second-order valence-corrected chi connectivity index (χ2v) is 8.51. The van der Waals surface area contributed by atoms with Crippen molar-refractivity contribution in [3.05, 3.63) is 77.4 Å². The highest BCUT2D eigenvalue weighted by Gasteiger charge is 2.35. The van der Waals surface area contributed by atoms with Gasteiger partial charge in [0, 0.05) is 30.3 Å². The summed E-state index contributed by atoms with van der Waals surface area (Å²) in [6.07, 6.45) is 1.42. The SMILES string of the molecule is O=C(NO)c1ccc2c(c1)OC[C@H](c1cccc3ccccc13)N(C(=O)C1CCOCC1)C2. The van der Waals surface area contributed by atoms with Crippen molar-refractivity contribution in [2.45, 2.75) is 25.4 Å². The van der Waals surface area contributed by atoms with Gasteiger partial charge in [-0.3, -0.25) is 14.8 Å². The number of benzene rings is 3. The van der Waals surface area contributed by atoms with Crippen LogP contribution in [-0.2, 0) is 16.1 Å². The van der Waals surface area contributed by atoms with Crippen molar-refractivity contribution < 1.29 is 24.3 Å². The standard InChI is InChI=1S/C26H26N2O5/c29-25(27-31)19-8-9-20-15-28(26(30)18-10-12-32-13-11-18)23(16-33-24(20)14-19)22-7-3-5-17-4-1-2-6-21(17)22/h1-9,14,18,23,31H,10-13,15-16H2,(H,27,29)/t23-/m1/s1. The van der Waals surface area contributed by atoms with E-state index in [4.69, 9.17) is 14.7 Å². The van der Waals surface area contributed by atoms with E-state index in [2.05, 4.69) is 24.3 Å². The predicted octanol–water partition coefficient (Wildman–Crippen LogP) is 3.85. The zero-order valence-corrected chi connectivity index (χ0v) is 18.2. The summed E-state index contributed by atoms with van der Waals surface area (Å²) in [5.74, 6) is -0.0444. The van der Waals surface area contributed by atoms with Crippen molar-refractivity contribution in [1.82, 2.24) is 10.4 Å². The summed E-state index contributed by atoms with van der Waals surface area (Å²) in [6, 6.07) is 19.0. The number of rotatable bonds is 3. The van der Waals surface area contributed by atoms with E-state index >= 15 is 0 Å². The van der Waals surface area contributed by atoms with Gasteiger partial charge in [0.05, 0.1) is 12.6 Å². The number of hydrogen-bond acceptors (Lipinski definition) is 5. The van der Waals surface area contributed by atoms with Gasteiger partial charge in [0.15, 0.2) is 0 Å². The quantitative estimate of drug-likeness (QED) is 0.471. The second-order valence-electron chi connectivity index (χ2n) is 8.51. The first-order valence-corrected chi connectivity index (χ1v) is 11.2. The molecule has 1 fully saturated rings. The van der Waals surface area contributed by atoms with Crippen LogP contribution in [0.3, 0.4) is 0 Å². The van der Waals surface area contributed by atoms with Crippen molar-refractivity contribution in [2.24, 2.45) is 5.92 Å². The molecule has 1 saturated heterocycles. The largest absolute Gasteiger partial charge is 0.491 e. The summed E-state index contributed by atoms with van der Waals surface area (Å²) in [6.45, 7) is 1.83. The topological polar surface area (TPSA) is 88.1 Å². The van der Waals surface area contributed by atoms with E-state index in [1.165, 1.54) is 0 Å². The molecule has 1 atom stereocenters. The fourth-order valence-corrected chi connectivity index (χ4v) is 4.79. The van der Waals surface area contributed by atoms with Gasteiger partial charge in [-0.2, -0.15) is 0 Å². The number of carbonyl (C=O) groups excluding carboxylic acids is 2. The van der Waals surface area contributed by atoms with Gasteiger partial charge in [-0.05, 0) is 41.3 Å². The normalized spacial score (nSPS) is 18.8. The molecule has 0 saturated carbocycles. The zero-order valence-electron chi connectivity index (χ0n) is 18.2. The number of ether oxygens (including phenoxy) is 2. The number of hydrogen-bond donors (Lipinski definition) is 2. The molecule has 0 aromatic heterocycles. The first kappa shape index (κ1) is 21.4. The minimum absolute atomic E-state index is 0.0859. The van der Waals surface area contributed by atoms with E-state index in [-0.39, 0.29) is 24.5 Å². The summed E-state index contributed by atoms with van der Waals surface area (Å²) in [5, 5.41) is 11.2. The third-order valence-electron chi connectivity index (χ3n) is 6.58. The molecule has 2 N–H and O–H groups in total. The lowest BCUT2D eigenvalue weighted by Gasteiger charge is -2.34. The van der Waals surface area contributed by atoms with Gasteiger partial charge in [-0.25, -0.2) is 5.48 Å². The third kappa shape index (κ3) is 4.17. The molecule has 33 heavy (non-hydrogen) atoms. The number of nitrogens with one attached hydrogen (secondary N) is 1. The van der Waals surface area contributed by atoms with Gasteiger partial charge in [0.1, 0.15) is 12.4 Å². The molecule has 0 unspecified atom stereocenters. The maximum Gasteiger partial charge on any atom is 0.274 e. The third-order valence-corrected chi connectivity index (χ3v) is 6.58. The Balaban J connectivity index is 1.57. The van der Waals surface area contributed by atoms with E-state index in [1.54, 1.807) is 23.7 Å². The molecule has 3 aromatic carbocycles. The molecule has 5 rings (SSSR count). The Morgan fingerprint density at radius 2 is 1.79 bits per heavy atom. The van der Waals surface area contributed by atoms with Crippen LogP contribution >= 0.6 is 0 Å². The molecule has 7 nitrogen and oxygen atoms in total. The summed E-state index contributed by atoms with van der Waals surface area (Å²) in [7, 11) is 0. The molecule has 2 aliphatic heterocycles. The Labute approximate surface area is 191 Å². The molecule has 0 aliphatic carbocycles. The minimum atomic E-state index is -0.605. The van der Waals surface area contributed by atoms with E-state index in [1.807, 2.05) is 23.1 Å². The number of fused-ring (bicyclic) bond motifs is 2. The van der Waals surface area contributed by atoms with E-state index in [9.17, 15) is 9.59 Å². The molecule has 0 spiro atoms. The molecular weight excluding hydrogens is 420 g/mol. The van der Waals surface area contributed by atoms with Gasteiger partial charge in [-0.15, -0.1) is 0 Å². The highest BCUT2D eigenvalue weighted by molar-refractivity contribution is 5.94. The molecule has 2 heterocycles. The van der Waals surface area contributed by atoms with Crippen LogP contribution in [0, 0.1) is 5.92 Å². The lowest BCUT2D eigenvalue weighted by Crippen LogP contribution is -2.41. The maximum absolute atomic E-state index is 13.8. The van der Waals surface area contributed by atoms with Gasteiger partial charge in [-0.1, -0.05) is 48.5 Å². The van der Waals surface area contributed by atoms with Crippen molar-refractivity contribution >= 4 is 22.6 Å². The van der Waals surface area contributed by atoms with Crippen LogP contribution < -0.4 is 10.2 Å². The van der Waals surface area contributed by atoms with Crippen LogP contribution in [0.5, 0.6) is 5.75 Å². The Morgan fingerprint density at radius 3 is 2.61 bits per heavy atom. The monoisotopic (exact) mass is 446 g/mol. The Morgan fingerprint density at radius 1 is 1.00 bits per heavy atom. The fraction of sp³-hybridized carbons (Fsp3) is 0.308. The van der Waals surface area contributed by atoms with Crippen LogP contribution in [0.25, 0.3) is 10.8 Å². The number of amides is 2. The van der Waals surface area contributed by atoms with Gasteiger partial charge in [0.25, 0.3) is 5.91 Å². The number of nitrogens with zero attached hydrogens (tertiary/aromatic N) is 1. The van der Waals surface area contributed by atoms with Crippen molar-refractivity contribution in [3.8, 4) is 5.75 Å². The number of carbonyl (C=O) groups is 2. The highest BCUT2D eigenvalue weighted by Crippen LogP contribution is 2.37. The Hall–Kier alpha value is -3.42. The summed E-state index contributed by atoms with van der Waals surface area (Å²) >= 11 is 0. The number of hydroxylamine groups is 1. The Kier molecular flexibility index (Phi) is 5.98. The lowest BCUT2D eigenvalue weighted by atomic mass is 9.94. The maximum atomic E-state index is 13.8. The van der Waals surface area contributed by atoms with Gasteiger partial charge >= 0.3 is 0 Å².